The molecular weight excluding hydrogens is 426 g/mol. The molecule has 3 amide bonds. The van der Waals surface area contributed by atoms with Gasteiger partial charge in [-0.25, -0.2) is 4.79 Å². The summed E-state index contributed by atoms with van der Waals surface area (Å²) in [6.07, 6.45) is -0.693. The van der Waals surface area contributed by atoms with Gasteiger partial charge < -0.3 is 25.0 Å². The Morgan fingerprint density at radius 3 is 2.30 bits per heavy atom. The Labute approximate surface area is 196 Å². The Hall–Kier alpha value is -3.10. The Bertz CT molecular complexity index is 832. The molecule has 1 unspecified atom stereocenters. The number of carbonyl (C=O) groups excluding carboxylic acids is 4. The Morgan fingerprint density at radius 1 is 1.09 bits per heavy atom. The zero-order valence-electron chi connectivity index (χ0n) is 20.7. The van der Waals surface area contributed by atoms with Gasteiger partial charge in [-0.2, -0.15) is 0 Å². The van der Waals surface area contributed by atoms with Crippen molar-refractivity contribution in [2.24, 2.45) is 0 Å². The summed E-state index contributed by atoms with van der Waals surface area (Å²) in [6, 6.07) is 6.02. The van der Waals surface area contributed by atoms with Crippen LogP contribution in [0.1, 0.15) is 65.1 Å². The number of aryl methyl sites for hydroxylation is 1. The van der Waals surface area contributed by atoms with E-state index in [0.717, 1.165) is 5.56 Å². The van der Waals surface area contributed by atoms with Crippen molar-refractivity contribution in [2.75, 3.05) is 19.7 Å². The van der Waals surface area contributed by atoms with Gasteiger partial charge in [-0.05, 0) is 54.0 Å². The number of nitrogens with zero attached hydrogens (tertiary/aromatic N) is 1. The lowest BCUT2D eigenvalue weighted by molar-refractivity contribution is -0.144. The van der Waals surface area contributed by atoms with E-state index < -0.39 is 35.5 Å². The molecule has 1 aromatic carbocycles. The van der Waals surface area contributed by atoms with E-state index in [2.05, 4.69) is 10.6 Å². The number of esters is 1. The van der Waals surface area contributed by atoms with Gasteiger partial charge in [0.15, 0.2) is 0 Å². The van der Waals surface area contributed by atoms with Gasteiger partial charge in [0.25, 0.3) is 0 Å². The quantitative estimate of drug-likeness (QED) is 0.516. The molecule has 0 fully saturated rings. The standard InChI is InChI=1S/C24H37N3O6/c1-8-32-20(29)12-13-25-22(30)21(18-11-9-10-17(4)14-18)27(16(2)3)19(28)15-26-23(31)33-24(5,6)7/h9-11,14,16,21H,8,12-13,15H2,1-7H3,(H,25,30)(H,26,31). The third kappa shape index (κ3) is 9.93. The van der Waals surface area contributed by atoms with E-state index in [1.807, 2.05) is 25.1 Å². The van der Waals surface area contributed by atoms with Crippen LogP contribution in [0.15, 0.2) is 24.3 Å². The molecule has 9 nitrogen and oxygen atoms in total. The fourth-order valence-corrected chi connectivity index (χ4v) is 3.18. The summed E-state index contributed by atoms with van der Waals surface area (Å²) >= 11 is 0. The number of hydrogen-bond acceptors (Lipinski definition) is 6. The number of hydrogen-bond donors (Lipinski definition) is 2. The van der Waals surface area contributed by atoms with Gasteiger partial charge >= 0.3 is 12.1 Å². The van der Waals surface area contributed by atoms with Crippen molar-refractivity contribution in [3.05, 3.63) is 35.4 Å². The maximum absolute atomic E-state index is 13.2. The van der Waals surface area contributed by atoms with Crippen LogP contribution in [0.5, 0.6) is 0 Å². The number of amides is 3. The number of rotatable bonds is 10. The lowest BCUT2D eigenvalue weighted by Gasteiger charge is -2.35. The van der Waals surface area contributed by atoms with Crippen LogP contribution in [0.25, 0.3) is 0 Å². The van der Waals surface area contributed by atoms with E-state index in [4.69, 9.17) is 9.47 Å². The third-order valence-corrected chi connectivity index (χ3v) is 4.45. The van der Waals surface area contributed by atoms with Gasteiger partial charge in [-0.3, -0.25) is 14.4 Å². The molecule has 33 heavy (non-hydrogen) atoms. The minimum absolute atomic E-state index is 0.0238. The molecule has 0 aromatic heterocycles. The summed E-state index contributed by atoms with van der Waals surface area (Å²) in [4.78, 5) is 51.4. The molecule has 184 valence electrons. The van der Waals surface area contributed by atoms with Crippen molar-refractivity contribution in [1.29, 1.82) is 0 Å². The van der Waals surface area contributed by atoms with E-state index in [-0.39, 0.29) is 32.2 Å². The molecule has 0 aliphatic heterocycles. The predicted molar refractivity (Wildman–Crippen MR) is 124 cm³/mol. The smallest absolute Gasteiger partial charge is 0.408 e. The molecule has 0 spiro atoms. The number of carbonyl (C=O) groups is 4. The molecule has 0 saturated heterocycles. The SMILES string of the molecule is CCOC(=O)CCNC(=O)C(c1cccc(C)c1)N(C(=O)CNC(=O)OC(C)(C)C)C(C)C. The van der Waals surface area contributed by atoms with Crippen LogP contribution >= 0.6 is 0 Å². The molecule has 1 atom stereocenters. The lowest BCUT2D eigenvalue weighted by atomic mass is 10.0. The van der Waals surface area contributed by atoms with Crippen molar-refractivity contribution in [3.63, 3.8) is 0 Å². The summed E-state index contributed by atoms with van der Waals surface area (Å²) in [5, 5.41) is 5.19. The van der Waals surface area contributed by atoms with Gasteiger partial charge in [-0.15, -0.1) is 0 Å². The van der Waals surface area contributed by atoms with Crippen molar-refractivity contribution in [2.45, 2.75) is 72.6 Å². The topological polar surface area (TPSA) is 114 Å². The minimum atomic E-state index is -0.944. The molecule has 0 aliphatic rings. The highest BCUT2D eigenvalue weighted by molar-refractivity contribution is 5.90. The van der Waals surface area contributed by atoms with Crippen LogP contribution in [-0.2, 0) is 23.9 Å². The second kappa shape index (κ2) is 12.8. The summed E-state index contributed by atoms with van der Waals surface area (Å²) < 4.78 is 10.1. The van der Waals surface area contributed by atoms with E-state index in [1.165, 1.54) is 4.90 Å². The summed E-state index contributed by atoms with van der Waals surface area (Å²) in [5.41, 5.74) is 0.858. The first kappa shape index (κ1) is 27.9. The highest BCUT2D eigenvalue weighted by atomic mass is 16.6. The third-order valence-electron chi connectivity index (χ3n) is 4.45. The lowest BCUT2D eigenvalue weighted by Crippen LogP contribution is -2.50. The summed E-state index contributed by atoms with van der Waals surface area (Å²) in [5.74, 6) is -1.28. The van der Waals surface area contributed by atoms with Gasteiger partial charge in [0.2, 0.25) is 11.8 Å². The first-order valence-electron chi connectivity index (χ1n) is 11.1. The molecule has 9 heteroatoms. The molecule has 0 bridgehead atoms. The van der Waals surface area contributed by atoms with Crippen LogP contribution in [-0.4, -0.2) is 60.1 Å². The fraction of sp³-hybridized carbons (Fsp3) is 0.583. The first-order valence-corrected chi connectivity index (χ1v) is 11.1. The number of alkyl carbamates (subject to hydrolysis) is 1. The molecule has 0 saturated carbocycles. The number of benzene rings is 1. The van der Waals surface area contributed by atoms with E-state index >= 15 is 0 Å². The largest absolute Gasteiger partial charge is 0.466 e. The fourth-order valence-electron chi connectivity index (χ4n) is 3.18. The zero-order chi connectivity index (χ0) is 25.2. The predicted octanol–water partition coefficient (Wildman–Crippen LogP) is 2.87. The van der Waals surface area contributed by atoms with E-state index in [9.17, 15) is 19.2 Å². The van der Waals surface area contributed by atoms with Gasteiger partial charge in [-0.1, -0.05) is 29.8 Å². The molecular formula is C24H37N3O6. The molecule has 1 rings (SSSR count). The average molecular weight is 464 g/mol. The normalized spacial score (nSPS) is 12.0. The van der Waals surface area contributed by atoms with Crippen LogP contribution in [0.4, 0.5) is 4.79 Å². The molecule has 1 aromatic rings. The van der Waals surface area contributed by atoms with Crippen LogP contribution in [0.3, 0.4) is 0 Å². The van der Waals surface area contributed by atoms with E-state index in [0.29, 0.717) is 5.56 Å². The van der Waals surface area contributed by atoms with E-state index in [1.54, 1.807) is 47.6 Å². The van der Waals surface area contributed by atoms with Crippen molar-refractivity contribution in [3.8, 4) is 0 Å². The maximum atomic E-state index is 13.2. The highest BCUT2D eigenvalue weighted by Crippen LogP contribution is 2.25. The Kier molecular flexibility index (Phi) is 10.8. The van der Waals surface area contributed by atoms with Crippen molar-refractivity contribution in [1.82, 2.24) is 15.5 Å². The second-order valence-electron chi connectivity index (χ2n) is 8.91. The number of nitrogens with one attached hydrogen (secondary N) is 2. The van der Waals surface area contributed by atoms with Crippen LogP contribution in [0.2, 0.25) is 0 Å². The zero-order valence-corrected chi connectivity index (χ0v) is 20.7. The molecule has 0 radical (unpaired) electrons. The summed E-state index contributed by atoms with van der Waals surface area (Å²) in [7, 11) is 0. The average Bonchev–Trinajstić information content (AvgIpc) is 2.68. The molecule has 2 N–H and O–H groups in total. The Morgan fingerprint density at radius 2 is 1.76 bits per heavy atom. The molecule has 0 heterocycles. The van der Waals surface area contributed by atoms with Gasteiger partial charge in [0.1, 0.15) is 18.2 Å². The second-order valence-corrected chi connectivity index (χ2v) is 8.91. The first-order chi connectivity index (χ1) is 15.4. The van der Waals surface area contributed by atoms with Crippen molar-refractivity contribution < 1.29 is 28.7 Å². The van der Waals surface area contributed by atoms with Gasteiger partial charge in [0, 0.05) is 12.6 Å². The highest BCUT2D eigenvalue weighted by Gasteiger charge is 2.33. The van der Waals surface area contributed by atoms with Crippen LogP contribution in [0, 0.1) is 6.92 Å². The summed E-state index contributed by atoms with van der Waals surface area (Å²) in [6.45, 7) is 12.4. The number of ether oxygens (including phenoxy) is 2. The maximum Gasteiger partial charge on any atom is 0.408 e. The van der Waals surface area contributed by atoms with Crippen LogP contribution < -0.4 is 10.6 Å². The van der Waals surface area contributed by atoms with Gasteiger partial charge in [0.05, 0.1) is 13.0 Å². The Balaban J connectivity index is 3.08. The molecule has 0 aliphatic carbocycles. The minimum Gasteiger partial charge on any atom is -0.466 e. The van der Waals surface area contributed by atoms with Crippen molar-refractivity contribution >= 4 is 23.9 Å². The monoisotopic (exact) mass is 463 g/mol.